The molecule has 1 heterocycles. The largest absolute Gasteiger partial charge is 0.385 e. The molecule has 1 N–H and O–H groups in total. The smallest absolute Gasteiger partial charge is 0.262 e. The normalized spacial score (nSPS) is 11.2. The molecule has 0 atom stereocenters. The van der Waals surface area contributed by atoms with Crippen molar-refractivity contribution in [2.75, 3.05) is 26.0 Å². The highest BCUT2D eigenvalue weighted by Crippen LogP contribution is 2.18. The van der Waals surface area contributed by atoms with Crippen molar-refractivity contribution >= 4 is 28.6 Å². The summed E-state index contributed by atoms with van der Waals surface area (Å²) in [5.41, 5.74) is 0.626. The Bertz CT molecular complexity index is 789. The SMILES string of the molecule is COCCCNC(=O)CSc1nc2ccccc2c(=O)n1CCC(C)C. The second kappa shape index (κ2) is 10.3. The van der Waals surface area contributed by atoms with E-state index in [1.807, 2.05) is 18.2 Å². The van der Waals surface area contributed by atoms with Crippen molar-refractivity contribution < 1.29 is 9.53 Å². The average Bonchev–Trinajstić information content (AvgIpc) is 2.63. The molecule has 0 aliphatic heterocycles. The Morgan fingerprint density at radius 1 is 1.35 bits per heavy atom. The molecule has 1 aromatic heterocycles. The number of nitrogens with one attached hydrogen (secondary N) is 1. The molecule has 0 unspecified atom stereocenters. The molecule has 142 valence electrons. The maximum Gasteiger partial charge on any atom is 0.262 e. The summed E-state index contributed by atoms with van der Waals surface area (Å²) in [7, 11) is 1.64. The van der Waals surface area contributed by atoms with Crippen molar-refractivity contribution in [3.63, 3.8) is 0 Å². The number of carbonyl (C=O) groups is 1. The lowest BCUT2D eigenvalue weighted by molar-refractivity contribution is -0.118. The van der Waals surface area contributed by atoms with E-state index in [0.717, 1.165) is 12.8 Å². The van der Waals surface area contributed by atoms with E-state index >= 15 is 0 Å². The van der Waals surface area contributed by atoms with E-state index in [1.165, 1.54) is 11.8 Å². The molecule has 1 amide bonds. The number of rotatable bonds is 10. The van der Waals surface area contributed by atoms with Crippen molar-refractivity contribution in [1.29, 1.82) is 0 Å². The highest BCUT2D eigenvalue weighted by atomic mass is 32.2. The van der Waals surface area contributed by atoms with Gasteiger partial charge in [-0.3, -0.25) is 14.2 Å². The fourth-order valence-corrected chi connectivity index (χ4v) is 3.32. The number of amides is 1. The van der Waals surface area contributed by atoms with E-state index in [0.29, 0.717) is 41.7 Å². The molecule has 0 fully saturated rings. The number of aromatic nitrogens is 2. The summed E-state index contributed by atoms with van der Waals surface area (Å²) < 4.78 is 6.66. The van der Waals surface area contributed by atoms with Crippen LogP contribution in [0.15, 0.2) is 34.2 Å². The van der Waals surface area contributed by atoms with Gasteiger partial charge in [0.2, 0.25) is 5.91 Å². The van der Waals surface area contributed by atoms with Crippen molar-refractivity contribution in [3.05, 3.63) is 34.6 Å². The van der Waals surface area contributed by atoms with Crippen LogP contribution < -0.4 is 10.9 Å². The Hall–Kier alpha value is -1.86. The third kappa shape index (κ3) is 5.85. The fraction of sp³-hybridized carbons (Fsp3) is 0.526. The Labute approximate surface area is 158 Å². The Morgan fingerprint density at radius 2 is 2.12 bits per heavy atom. The first-order chi connectivity index (χ1) is 12.5. The third-order valence-electron chi connectivity index (χ3n) is 3.94. The minimum atomic E-state index is -0.0658. The van der Waals surface area contributed by atoms with Crippen molar-refractivity contribution in [2.45, 2.75) is 38.4 Å². The third-order valence-corrected chi connectivity index (χ3v) is 4.91. The first-order valence-corrected chi connectivity index (χ1v) is 9.89. The lowest BCUT2D eigenvalue weighted by Crippen LogP contribution is -2.28. The van der Waals surface area contributed by atoms with Gasteiger partial charge in [-0.2, -0.15) is 0 Å². The van der Waals surface area contributed by atoms with Gasteiger partial charge in [0.1, 0.15) is 0 Å². The summed E-state index contributed by atoms with van der Waals surface area (Å²) in [5.74, 6) is 0.652. The predicted molar refractivity (Wildman–Crippen MR) is 106 cm³/mol. The molecule has 0 radical (unpaired) electrons. The highest BCUT2D eigenvalue weighted by Gasteiger charge is 2.13. The fourth-order valence-electron chi connectivity index (χ4n) is 2.47. The van der Waals surface area contributed by atoms with Gasteiger partial charge in [0.25, 0.3) is 5.56 Å². The molecule has 2 aromatic rings. The van der Waals surface area contributed by atoms with E-state index < -0.39 is 0 Å². The van der Waals surface area contributed by atoms with E-state index in [1.54, 1.807) is 17.7 Å². The van der Waals surface area contributed by atoms with Gasteiger partial charge in [-0.1, -0.05) is 37.7 Å². The topological polar surface area (TPSA) is 73.2 Å². The Balaban J connectivity index is 2.14. The van der Waals surface area contributed by atoms with Crippen LogP contribution in [0, 0.1) is 5.92 Å². The Morgan fingerprint density at radius 3 is 2.85 bits per heavy atom. The van der Waals surface area contributed by atoms with Crippen LogP contribution in [0.3, 0.4) is 0 Å². The average molecular weight is 378 g/mol. The number of fused-ring (bicyclic) bond motifs is 1. The quantitative estimate of drug-likeness (QED) is 0.391. The van der Waals surface area contributed by atoms with Crippen LogP contribution in [0.1, 0.15) is 26.7 Å². The molecule has 2 rings (SSSR count). The maximum atomic E-state index is 12.8. The molecule has 1 aromatic carbocycles. The molecule has 7 heteroatoms. The van der Waals surface area contributed by atoms with Crippen molar-refractivity contribution in [3.8, 4) is 0 Å². The van der Waals surface area contributed by atoms with Crippen LogP contribution in [-0.2, 0) is 16.1 Å². The molecule has 0 aliphatic rings. The number of thioether (sulfide) groups is 1. The van der Waals surface area contributed by atoms with E-state index in [2.05, 4.69) is 24.1 Å². The molecular formula is C19H27N3O3S. The van der Waals surface area contributed by atoms with Gasteiger partial charge in [0.05, 0.1) is 16.7 Å². The zero-order valence-corrected chi connectivity index (χ0v) is 16.5. The minimum Gasteiger partial charge on any atom is -0.385 e. The minimum absolute atomic E-state index is 0.0424. The molecule has 0 aliphatic carbocycles. The monoisotopic (exact) mass is 377 g/mol. The summed E-state index contributed by atoms with van der Waals surface area (Å²) in [6.07, 6.45) is 1.66. The van der Waals surface area contributed by atoms with Gasteiger partial charge >= 0.3 is 0 Å². The van der Waals surface area contributed by atoms with Gasteiger partial charge in [-0.25, -0.2) is 4.98 Å². The number of ether oxygens (including phenoxy) is 1. The van der Waals surface area contributed by atoms with Crippen LogP contribution in [0.2, 0.25) is 0 Å². The van der Waals surface area contributed by atoms with E-state index in [-0.39, 0.29) is 17.2 Å². The predicted octanol–water partition coefficient (Wildman–Crippen LogP) is 2.69. The van der Waals surface area contributed by atoms with Gasteiger partial charge in [-0.15, -0.1) is 0 Å². The second-order valence-corrected chi connectivity index (χ2v) is 7.48. The van der Waals surface area contributed by atoms with E-state index in [4.69, 9.17) is 4.74 Å². The van der Waals surface area contributed by atoms with Gasteiger partial charge < -0.3 is 10.1 Å². The van der Waals surface area contributed by atoms with E-state index in [9.17, 15) is 9.59 Å². The van der Waals surface area contributed by atoms with Crippen LogP contribution in [-0.4, -0.2) is 41.5 Å². The number of carbonyl (C=O) groups excluding carboxylic acids is 1. The molecule has 0 spiro atoms. The summed E-state index contributed by atoms with van der Waals surface area (Å²) in [4.78, 5) is 29.5. The van der Waals surface area contributed by atoms with Crippen LogP contribution >= 0.6 is 11.8 Å². The van der Waals surface area contributed by atoms with Crippen LogP contribution in [0.5, 0.6) is 0 Å². The number of hydrogen-bond donors (Lipinski definition) is 1. The van der Waals surface area contributed by atoms with Gasteiger partial charge in [0, 0.05) is 26.8 Å². The van der Waals surface area contributed by atoms with Gasteiger partial charge in [0.15, 0.2) is 5.16 Å². The summed E-state index contributed by atoms with van der Waals surface area (Å²) in [5, 5.41) is 4.07. The Kier molecular flexibility index (Phi) is 8.12. The zero-order chi connectivity index (χ0) is 18.9. The van der Waals surface area contributed by atoms with Gasteiger partial charge in [-0.05, 0) is 30.9 Å². The highest BCUT2D eigenvalue weighted by molar-refractivity contribution is 7.99. The summed E-state index contributed by atoms with van der Waals surface area (Å²) >= 11 is 1.31. The number of methoxy groups -OCH3 is 1. The first-order valence-electron chi connectivity index (χ1n) is 8.91. The second-order valence-electron chi connectivity index (χ2n) is 6.54. The number of nitrogens with zero attached hydrogens (tertiary/aromatic N) is 2. The molecular weight excluding hydrogens is 350 g/mol. The molecule has 0 bridgehead atoms. The van der Waals surface area contributed by atoms with Crippen molar-refractivity contribution in [1.82, 2.24) is 14.9 Å². The number of benzene rings is 1. The first kappa shape index (κ1) is 20.5. The summed E-state index contributed by atoms with van der Waals surface area (Å²) in [6.45, 7) is 6.05. The van der Waals surface area contributed by atoms with Crippen LogP contribution in [0.25, 0.3) is 10.9 Å². The number of hydrogen-bond acceptors (Lipinski definition) is 5. The lowest BCUT2D eigenvalue weighted by atomic mass is 10.1. The standard InChI is InChI=1S/C19H27N3O3S/c1-14(2)9-11-22-18(24)15-7-4-5-8-16(15)21-19(22)26-13-17(23)20-10-6-12-25-3/h4-5,7-8,14H,6,9-13H2,1-3H3,(H,20,23). The zero-order valence-electron chi connectivity index (χ0n) is 15.7. The molecule has 6 nitrogen and oxygen atoms in total. The summed E-state index contributed by atoms with van der Waals surface area (Å²) in [6, 6.07) is 7.34. The molecule has 0 saturated heterocycles. The van der Waals surface area contributed by atoms with Crippen LogP contribution in [0.4, 0.5) is 0 Å². The molecule has 0 saturated carbocycles. The number of para-hydroxylation sites is 1. The molecule has 26 heavy (non-hydrogen) atoms. The maximum absolute atomic E-state index is 12.8. The lowest BCUT2D eigenvalue weighted by Gasteiger charge is -2.14. The van der Waals surface area contributed by atoms with Crippen molar-refractivity contribution in [2.24, 2.45) is 5.92 Å².